The molecule has 2 rings (SSSR count). The van der Waals surface area contributed by atoms with E-state index < -0.39 is 5.60 Å². The Labute approximate surface area is 151 Å². The maximum absolute atomic E-state index is 12.6. The molecule has 144 valence electrons. The number of amides is 3. The number of nitrogens with zero attached hydrogens (tertiary/aromatic N) is 2. The average Bonchev–Trinajstić information content (AvgIpc) is 2.44. The quantitative estimate of drug-likeness (QED) is 0.785. The molecule has 0 aliphatic carbocycles. The number of ether oxygens (including phenoxy) is 2. The summed E-state index contributed by atoms with van der Waals surface area (Å²) in [5, 5.41) is 3.11. The fourth-order valence-electron chi connectivity index (χ4n) is 3.41. The van der Waals surface area contributed by atoms with E-state index in [1.165, 1.54) is 0 Å². The van der Waals surface area contributed by atoms with E-state index >= 15 is 0 Å². The second kappa shape index (κ2) is 7.40. The van der Waals surface area contributed by atoms with Crippen molar-refractivity contribution in [2.75, 3.05) is 26.2 Å². The van der Waals surface area contributed by atoms with Gasteiger partial charge < -0.3 is 24.6 Å². The van der Waals surface area contributed by atoms with E-state index in [1.807, 2.05) is 46.4 Å². The highest BCUT2D eigenvalue weighted by molar-refractivity contribution is 5.75. The Kier molecular flexibility index (Phi) is 5.86. The van der Waals surface area contributed by atoms with Crippen molar-refractivity contribution >= 4 is 12.1 Å². The molecule has 25 heavy (non-hydrogen) atoms. The van der Waals surface area contributed by atoms with Gasteiger partial charge in [0.05, 0.1) is 18.2 Å². The number of hydrogen-bond donors (Lipinski definition) is 1. The number of likely N-dealkylation sites (tertiary alicyclic amines) is 1. The minimum atomic E-state index is -0.484. The number of rotatable bonds is 1. The lowest BCUT2D eigenvalue weighted by Crippen LogP contribution is -2.58. The topological polar surface area (TPSA) is 71.1 Å². The first-order chi connectivity index (χ1) is 11.5. The summed E-state index contributed by atoms with van der Waals surface area (Å²) in [5.74, 6) is 0. The molecule has 0 unspecified atom stereocenters. The van der Waals surface area contributed by atoms with Gasteiger partial charge in [0.1, 0.15) is 5.60 Å². The molecule has 0 aromatic rings. The van der Waals surface area contributed by atoms with E-state index in [0.29, 0.717) is 26.2 Å². The first kappa shape index (κ1) is 19.8. The number of nitrogens with one attached hydrogen (secondary N) is 1. The number of hydrogen-bond acceptors (Lipinski definition) is 4. The van der Waals surface area contributed by atoms with E-state index in [9.17, 15) is 9.59 Å². The number of carbonyl (C=O) groups is 2. The number of urea groups is 1. The zero-order valence-corrected chi connectivity index (χ0v) is 16.4. The fraction of sp³-hybridized carbons (Fsp3) is 0.889. The number of morpholine rings is 1. The van der Waals surface area contributed by atoms with Crippen molar-refractivity contribution in [2.45, 2.75) is 77.7 Å². The van der Waals surface area contributed by atoms with E-state index in [0.717, 1.165) is 12.8 Å². The molecule has 2 saturated heterocycles. The van der Waals surface area contributed by atoms with Crippen molar-refractivity contribution in [3.05, 3.63) is 0 Å². The monoisotopic (exact) mass is 355 g/mol. The van der Waals surface area contributed by atoms with Gasteiger partial charge in [0, 0.05) is 25.7 Å². The van der Waals surface area contributed by atoms with Crippen molar-refractivity contribution in [1.29, 1.82) is 0 Å². The first-order valence-corrected chi connectivity index (χ1v) is 9.16. The average molecular weight is 355 g/mol. The van der Waals surface area contributed by atoms with Crippen LogP contribution in [0, 0.1) is 0 Å². The van der Waals surface area contributed by atoms with Crippen molar-refractivity contribution in [3.63, 3.8) is 0 Å². The molecule has 2 fully saturated rings. The summed E-state index contributed by atoms with van der Waals surface area (Å²) in [5.41, 5.74) is -0.808. The zero-order valence-electron chi connectivity index (χ0n) is 16.4. The predicted molar refractivity (Wildman–Crippen MR) is 95.6 cm³/mol. The highest BCUT2D eigenvalue weighted by Crippen LogP contribution is 2.21. The molecule has 0 radical (unpaired) electrons. The van der Waals surface area contributed by atoms with Crippen LogP contribution in [0.1, 0.15) is 54.4 Å². The minimum Gasteiger partial charge on any atom is -0.444 e. The molecular weight excluding hydrogens is 322 g/mol. The lowest BCUT2D eigenvalue weighted by Gasteiger charge is -2.42. The Morgan fingerprint density at radius 3 is 2.28 bits per heavy atom. The van der Waals surface area contributed by atoms with E-state index in [-0.39, 0.29) is 29.9 Å². The van der Waals surface area contributed by atoms with Crippen LogP contribution in [-0.4, -0.2) is 71.5 Å². The third kappa shape index (κ3) is 6.06. The number of piperidine rings is 1. The summed E-state index contributed by atoms with van der Waals surface area (Å²) in [7, 11) is 0. The molecule has 0 saturated carbocycles. The van der Waals surface area contributed by atoms with Gasteiger partial charge in [0.15, 0.2) is 0 Å². The summed E-state index contributed by atoms with van der Waals surface area (Å²) in [4.78, 5) is 28.2. The van der Waals surface area contributed by atoms with Crippen LogP contribution < -0.4 is 5.32 Å². The van der Waals surface area contributed by atoms with Gasteiger partial charge in [-0.05, 0) is 54.4 Å². The number of carbonyl (C=O) groups excluding carboxylic acids is 2. The zero-order chi connectivity index (χ0) is 18.8. The molecule has 0 bridgehead atoms. The van der Waals surface area contributed by atoms with Gasteiger partial charge >= 0.3 is 12.1 Å². The molecule has 0 spiro atoms. The lowest BCUT2D eigenvalue weighted by atomic mass is 10.0. The van der Waals surface area contributed by atoms with Gasteiger partial charge in [-0.2, -0.15) is 0 Å². The van der Waals surface area contributed by atoms with E-state index in [4.69, 9.17) is 9.47 Å². The third-order valence-electron chi connectivity index (χ3n) is 4.33. The second-order valence-electron chi connectivity index (χ2n) is 8.76. The van der Waals surface area contributed by atoms with E-state index in [1.54, 1.807) is 4.90 Å². The Morgan fingerprint density at radius 1 is 1.16 bits per heavy atom. The van der Waals surface area contributed by atoms with Crippen LogP contribution in [0.15, 0.2) is 0 Å². The van der Waals surface area contributed by atoms with Crippen LogP contribution in [0.4, 0.5) is 9.59 Å². The van der Waals surface area contributed by atoms with Crippen LogP contribution in [0.25, 0.3) is 0 Å². The first-order valence-electron chi connectivity index (χ1n) is 9.16. The van der Waals surface area contributed by atoms with Gasteiger partial charge in [0.2, 0.25) is 0 Å². The standard InChI is InChI=1S/C18H33N3O4/c1-13-11-21(12-18(5,6)24-13)15(22)19-14-7-9-20(10-8-14)16(23)25-17(2,3)4/h13-14H,7-12H2,1-6H3,(H,19,22)/t13-/m1/s1. The SMILES string of the molecule is C[C@@H]1CN(C(=O)NC2CCN(C(=O)OC(C)(C)C)CC2)CC(C)(C)O1. The highest BCUT2D eigenvalue weighted by Gasteiger charge is 2.35. The Hall–Kier alpha value is -1.50. The van der Waals surface area contributed by atoms with Crippen molar-refractivity contribution in [1.82, 2.24) is 15.1 Å². The second-order valence-corrected chi connectivity index (χ2v) is 8.76. The van der Waals surface area contributed by atoms with Gasteiger partial charge in [-0.3, -0.25) is 0 Å². The van der Waals surface area contributed by atoms with Crippen LogP contribution in [0.5, 0.6) is 0 Å². The van der Waals surface area contributed by atoms with Crippen molar-refractivity contribution in [3.8, 4) is 0 Å². The summed E-state index contributed by atoms with van der Waals surface area (Å²) in [6.45, 7) is 14.0. The van der Waals surface area contributed by atoms with Crippen LogP contribution in [0.3, 0.4) is 0 Å². The van der Waals surface area contributed by atoms with Gasteiger partial charge in [-0.1, -0.05) is 0 Å². The van der Waals surface area contributed by atoms with Gasteiger partial charge in [-0.15, -0.1) is 0 Å². The largest absolute Gasteiger partial charge is 0.444 e. The normalized spacial score (nSPS) is 24.8. The fourth-order valence-corrected chi connectivity index (χ4v) is 3.41. The van der Waals surface area contributed by atoms with Crippen molar-refractivity contribution < 1.29 is 19.1 Å². The molecule has 1 N–H and O–H groups in total. The van der Waals surface area contributed by atoms with Crippen LogP contribution >= 0.6 is 0 Å². The summed E-state index contributed by atoms with van der Waals surface area (Å²) in [6.07, 6.45) is 1.24. The third-order valence-corrected chi connectivity index (χ3v) is 4.33. The lowest BCUT2D eigenvalue weighted by molar-refractivity contribution is -0.117. The molecule has 7 nitrogen and oxygen atoms in total. The molecule has 2 aliphatic heterocycles. The Morgan fingerprint density at radius 2 is 1.76 bits per heavy atom. The molecule has 7 heteroatoms. The molecule has 3 amide bonds. The smallest absolute Gasteiger partial charge is 0.410 e. The van der Waals surface area contributed by atoms with Crippen molar-refractivity contribution in [2.24, 2.45) is 0 Å². The Bertz CT molecular complexity index is 493. The summed E-state index contributed by atoms with van der Waals surface area (Å²) in [6, 6.07) is 0.0476. The van der Waals surface area contributed by atoms with Crippen LogP contribution in [0.2, 0.25) is 0 Å². The predicted octanol–water partition coefficient (Wildman–Crippen LogP) is 2.59. The van der Waals surface area contributed by atoms with Crippen LogP contribution in [-0.2, 0) is 9.47 Å². The molecule has 0 aromatic heterocycles. The summed E-state index contributed by atoms with van der Waals surface area (Å²) >= 11 is 0. The van der Waals surface area contributed by atoms with E-state index in [2.05, 4.69) is 5.32 Å². The molecule has 2 aliphatic rings. The molecule has 2 heterocycles. The maximum atomic E-state index is 12.6. The molecule has 0 aromatic carbocycles. The summed E-state index contributed by atoms with van der Waals surface area (Å²) < 4.78 is 11.2. The van der Waals surface area contributed by atoms with Gasteiger partial charge in [0.25, 0.3) is 0 Å². The Balaban J connectivity index is 1.80. The minimum absolute atomic E-state index is 0.0310. The maximum Gasteiger partial charge on any atom is 0.410 e. The highest BCUT2D eigenvalue weighted by atomic mass is 16.6. The molecular formula is C18H33N3O4. The van der Waals surface area contributed by atoms with Gasteiger partial charge in [-0.25, -0.2) is 9.59 Å². The molecule has 1 atom stereocenters.